The van der Waals surface area contributed by atoms with Crippen molar-refractivity contribution in [2.75, 3.05) is 12.4 Å². The Labute approximate surface area is 202 Å². The summed E-state index contributed by atoms with van der Waals surface area (Å²) in [5, 5.41) is 5.86. The average Bonchev–Trinajstić information content (AvgIpc) is 2.77. The molecule has 35 heavy (non-hydrogen) atoms. The van der Waals surface area contributed by atoms with Crippen LogP contribution in [0.25, 0.3) is 0 Å². The molecule has 8 heteroatoms. The maximum atomic E-state index is 13.5. The van der Waals surface area contributed by atoms with Crippen molar-refractivity contribution >= 4 is 17.4 Å². The molecule has 0 bridgehead atoms. The molecule has 0 aromatic heterocycles. The van der Waals surface area contributed by atoms with Gasteiger partial charge >= 0.3 is 6.18 Å². The molecule has 1 atom stereocenters. The van der Waals surface area contributed by atoms with Crippen LogP contribution < -0.4 is 15.4 Å². The van der Waals surface area contributed by atoms with Gasteiger partial charge in [-0.3, -0.25) is 9.59 Å². The summed E-state index contributed by atoms with van der Waals surface area (Å²) in [7, 11) is 1.55. The summed E-state index contributed by atoms with van der Waals surface area (Å²) >= 11 is 0. The van der Waals surface area contributed by atoms with E-state index in [1.165, 1.54) is 12.1 Å². The van der Waals surface area contributed by atoms with Crippen molar-refractivity contribution < 1.29 is 27.5 Å². The number of carbonyl (C=O) groups is 2. The van der Waals surface area contributed by atoms with Crippen molar-refractivity contribution in [1.29, 1.82) is 0 Å². The van der Waals surface area contributed by atoms with Gasteiger partial charge in [-0.25, -0.2) is 0 Å². The van der Waals surface area contributed by atoms with E-state index in [4.69, 9.17) is 4.74 Å². The van der Waals surface area contributed by atoms with Gasteiger partial charge in [-0.05, 0) is 54.7 Å². The van der Waals surface area contributed by atoms with Crippen LogP contribution in [-0.4, -0.2) is 18.8 Å². The largest absolute Gasteiger partial charge is 0.497 e. The molecule has 184 valence electrons. The van der Waals surface area contributed by atoms with Gasteiger partial charge in [0.1, 0.15) is 5.75 Å². The summed E-state index contributed by atoms with van der Waals surface area (Å²) in [4.78, 5) is 26.8. The van der Waals surface area contributed by atoms with E-state index in [1.807, 2.05) is 13.8 Å². The fourth-order valence-electron chi connectivity index (χ4n) is 4.84. The van der Waals surface area contributed by atoms with Crippen LogP contribution >= 0.6 is 0 Å². The molecule has 2 aliphatic rings. The highest BCUT2D eigenvalue weighted by atomic mass is 19.4. The van der Waals surface area contributed by atoms with Crippen LogP contribution in [0.5, 0.6) is 5.75 Å². The van der Waals surface area contributed by atoms with E-state index in [9.17, 15) is 22.8 Å². The number of rotatable bonds is 4. The molecule has 2 aromatic rings. The Morgan fingerprint density at radius 1 is 1.11 bits per heavy atom. The lowest BCUT2D eigenvalue weighted by molar-refractivity contribution is -0.137. The molecule has 1 aliphatic carbocycles. The minimum Gasteiger partial charge on any atom is -0.497 e. The molecule has 1 aliphatic heterocycles. The first kappa shape index (κ1) is 24.6. The maximum Gasteiger partial charge on any atom is 0.416 e. The second kappa shape index (κ2) is 8.91. The van der Waals surface area contributed by atoms with E-state index in [2.05, 4.69) is 10.6 Å². The van der Waals surface area contributed by atoms with Gasteiger partial charge in [-0.15, -0.1) is 0 Å². The summed E-state index contributed by atoms with van der Waals surface area (Å²) in [6.45, 7) is 5.79. The first-order valence-electron chi connectivity index (χ1n) is 11.3. The molecule has 1 amide bonds. The monoisotopic (exact) mass is 484 g/mol. The minimum atomic E-state index is -4.53. The Kier molecular flexibility index (Phi) is 6.25. The summed E-state index contributed by atoms with van der Waals surface area (Å²) in [6, 6.07) is 11.6. The number of hydrogen-bond acceptors (Lipinski definition) is 4. The number of dihydropyridines is 1. The lowest BCUT2D eigenvalue weighted by Gasteiger charge is -2.39. The first-order valence-corrected chi connectivity index (χ1v) is 11.3. The number of nitrogens with one attached hydrogen (secondary N) is 2. The van der Waals surface area contributed by atoms with Crippen molar-refractivity contribution in [1.82, 2.24) is 5.32 Å². The Balaban J connectivity index is 1.77. The number of alkyl halides is 3. The van der Waals surface area contributed by atoms with E-state index in [0.29, 0.717) is 35.4 Å². The number of anilines is 1. The third-order valence-corrected chi connectivity index (χ3v) is 6.38. The van der Waals surface area contributed by atoms with Gasteiger partial charge in [0.05, 0.1) is 12.7 Å². The number of amides is 1. The van der Waals surface area contributed by atoms with Gasteiger partial charge in [-0.1, -0.05) is 32.0 Å². The van der Waals surface area contributed by atoms with Gasteiger partial charge in [0.15, 0.2) is 5.78 Å². The topological polar surface area (TPSA) is 67.4 Å². The van der Waals surface area contributed by atoms with Gasteiger partial charge in [-0.2, -0.15) is 13.2 Å². The van der Waals surface area contributed by atoms with Crippen LogP contribution in [0, 0.1) is 5.41 Å². The van der Waals surface area contributed by atoms with E-state index < -0.39 is 23.6 Å². The van der Waals surface area contributed by atoms with Crippen LogP contribution in [0.2, 0.25) is 0 Å². The van der Waals surface area contributed by atoms with E-state index in [1.54, 1.807) is 38.3 Å². The highest BCUT2D eigenvalue weighted by Crippen LogP contribution is 2.47. The summed E-state index contributed by atoms with van der Waals surface area (Å²) in [6.07, 6.45) is -3.56. The molecule has 2 aromatic carbocycles. The van der Waals surface area contributed by atoms with Crippen molar-refractivity contribution in [3.05, 3.63) is 82.2 Å². The highest BCUT2D eigenvalue weighted by Gasteiger charge is 2.42. The normalized spacial score (nSPS) is 19.7. The molecule has 0 saturated carbocycles. The standard InChI is InChI=1S/C27H27F3N2O3/c1-15-22(25(34)32-18-7-5-6-17(12-18)27(28,29)30)23(16-8-10-19(35-4)11-9-16)24-20(31-15)13-26(2,3)14-21(24)33/h5-12,23,31H,13-14H2,1-4H3,(H,32,34)/t23-/m1/s1. The molecule has 1 heterocycles. The lowest BCUT2D eigenvalue weighted by atomic mass is 9.68. The van der Waals surface area contributed by atoms with Gasteiger partial charge in [0, 0.05) is 40.6 Å². The van der Waals surface area contributed by atoms with Crippen molar-refractivity contribution in [2.24, 2.45) is 5.41 Å². The second-order valence-electron chi connectivity index (χ2n) is 9.74. The number of halogens is 3. The number of allylic oxidation sites excluding steroid dienone is 3. The number of hydrogen-bond donors (Lipinski definition) is 2. The molecule has 0 radical (unpaired) electrons. The number of Topliss-reactive ketones (excluding diaryl/α,β-unsaturated/α-hetero) is 1. The van der Waals surface area contributed by atoms with Crippen LogP contribution in [0.15, 0.2) is 71.1 Å². The molecule has 0 spiro atoms. The van der Waals surface area contributed by atoms with Gasteiger partial charge < -0.3 is 15.4 Å². The van der Waals surface area contributed by atoms with Crippen molar-refractivity contribution in [2.45, 2.75) is 45.7 Å². The van der Waals surface area contributed by atoms with Gasteiger partial charge in [0.2, 0.25) is 0 Å². The smallest absolute Gasteiger partial charge is 0.416 e. The van der Waals surface area contributed by atoms with E-state index >= 15 is 0 Å². The zero-order valence-electron chi connectivity index (χ0n) is 20.0. The number of benzene rings is 2. The molecular formula is C27H27F3N2O3. The molecule has 5 nitrogen and oxygen atoms in total. The first-order chi connectivity index (χ1) is 16.4. The van der Waals surface area contributed by atoms with Crippen LogP contribution in [0.1, 0.15) is 50.7 Å². The average molecular weight is 485 g/mol. The number of carbonyl (C=O) groups excluding carboxylic acids is 2. The number of ether oxygens (including phenoxy) is 1. The Morgan fingerprint density at radius 2 is 1.80 bits per heavy atom. The predicted octanol–water partition coefficient (Wildman–Crippen LogP) is 5.96. The molecule has 2 N–H and O–H groups in total. The quantitative estimate of drug-likeness (QED) is 0.562. The summed E-state index contributed by atoms with van der Waals surface area (Å²) in [5.74, 6) is -0.657. The molecule has 0 unspecified atom stereocenters. The fourth-order valence-corrected chi connectivity index (χ4v) is 4.84. The van der Waals surface area contributed by atoms with Crippen molar-refractivity contribution in [3.8, 4) is 5.75 Å². The van der Waals surface area contributed by atoms with Crippen LogP contribution in [-0.2, 0) is 15.8 Å². The number of methoxy groups -OCH3 is 1. The lowest BCUT2D eigenvalue weighted by Crippen LogP contribution is -2.39. The molecule has 0 saturated heterocycles. The second-order valence-corrected chi connectivity index (χ2v) is 9.74. The number of ketones is 1. The molecular weight excluding hydrogens is 457 g/mol. The third kappa shape index (κ3) is 4.97. The Morgan fingerprint density at radius 3 is 2.43 bits per heavy atom. The zero-order chi connectivity index (χ0) is 25.5. The predicted molar refractivity (Wildman–Crippen MR) is 127 cm³/mol. The van der Waals surface area contributed by atoms with Crippen LogP contribution in [0.4, 0.5) is 18.9 Å². The van der Waals surface area contributed by atoms with Crippen molar-refractivity contribution in [3.63, 3.8) is 0 Å². The van der Waals surface area contributed by atoms with E-state index in [0.717, 1.165) is 23.4 Å². The molecule has 4 rings (SSSR count). The maximum absolute atomic E-state index is 13.5. The molecule has 0 fully saturated rings. The van der Waals surface area contributed by atoms with E-state index in [-0.39, 0.29) is 16.9 Å². The Hall–Kier alpha value is -3.55. The van der Waals surface area contributed by atoms with Gasteiger partial charge in [0.25, 0.3) is 5.91 Å². The highest BCUT2D eigenvalue weighted by molar-refractivity contribution is 6.10. The minimum absolute atomic E-state index is 0.0227. The van der Waals surface area contributed by atoms with Crippen LogP contribution in [0.3, 0.4) is 0 Å². The zero-order valence-corrected chi connectivity index (χ0v) is 20.0. The SMILES string of the molecule is COc1ccc([C@@H]2C(C(=O)Nc3cccc(C(F)(F)F)c3)=C(C)NC3=C2C(=O)CC(C)(C)C3)cc1. The third-order valence-electron chi connectivity index (χ3n) is 6.38. The Bertz CT molecular complexity index is 1240. The summed E-state index contributed by atoms with van der Waals surface area (Å²) in [5.41, 5.74) is 1.80. The fraction of sp³-hybridized carbons (Fsp3) is 0.333. The summed E-state index contributed by atoms with van der Waals surface area (Å²) < 4.78 is 44.8.